The van der Waals surface area contributed by atoms with Crippen LogP contribution in [0.2, 0.25) is 0 Å². The van der Waals surface area contributed by atoms with Crippen LogP contribution in [0.3, 0.4) is 0 Å². The standard InChI is InChI=1S/C18H20N4O/c1-14(21-12-18(23)16-6-8-19-9-7-16)15-2-4-17(5-3-15)22-11-10-20-13-22/h2-11,13-14,18,21,23H,12H2,1H3. The first kappa shape index (κ1) is 15.4. The highest BCUT2D eigenvalue weighted by Gasteiger charge is 2.10. The molecular weight excluding hydrogens is 288 g/mol. The highest BCUT2D eigenvalue weighted by Crippen LogP contribution is 2.17. The Morgan fingerprint density at radius 1 is 1.00 bits per heavy atom. The van der Waals surface area contributed by atoms with Crippen LogP contribution in [-0.4, -0.2) is 26.2 Å². The third-order valence-electron chi connectivity index (χ3n) is 3.90. The van der Waals surface area contributed by atoms with E-state index in [0.717, 1.165) is 11.3 Å². The average molecular weight is 308 g/mol. The summed E-state index contributed by atoms with van der Waals surface area (Å²) in [5, 5.41) is 13.5. The van der Waals surface area contributed by atoms with Gasteiger partial charge in [0.05, 0.1) is 12.4 Å². The van der Waals surface area contributed by atoms with Crippen LogP contribution in [0.1, 0.15) is 30.2 Å². The van der Waals surface area contributed by atoms with Crippen LogP contribution < -0.4 is 5.32 Å². The zero-order valence-electron chi connectivity index (χ0n) is 13.0. The van der Waals surface area contributed by atoms with E-state index in [1.54, 1.807) is 24.9 Å². The number of rotatable bonds is 6. The van der Waals surface area contributed by atoms with Gasteiger partial charge in [-0.25, -0.2) is 4.98 Å². The van der Waals surface area contributed by atoms with E-state index < -0.39 is 6.10 Å². The fourth-order valence-electron chi connectivity index (χ4n) is 2.46. The lowest BCUT2D eigenvalue weighted by atomic mass is 10.1. The summed E-state index contributed by atoms with van der Waals surface area (Å²) >= 11 is 0. The number of aliphatic hydroxyl groups excluding tert-OH is 1. The molecule has 0 spiro atoms. The summed E-state index contributed by atoms with van der Waals surface area (Å²) in [7, 11) is 0. The SMILES string of the molecule is CC(NCC(O)c1ccncc1)c1ccc(-n2ccnc2)cc1. The van der Waals surface area contributed by atoms with Gasteiger partial charge in [-0.2, -0.15) is 0 Å². The Labute approximate surface area is 135 Å². The highest BCUT2D eigenvalue weighted by atomic mass is 16.3. The van der Waals surface area contributed by atoms with Crippen molar-refractivity contribution >= 4 is 0 Å². The second-order valence-corrected chi connectivity index (χ2v) is 5.49. The smallest absolute Gasteiger partial charge is 0.0991 e. The lowest BCUT2D eigenvalue weighted by Crippen LogP contribution is -2.24. The molecule has 0 saturated heterocycles. The molecule has 0 aliphatic carbocycles. The molecule has 0 aliphatic rings. The van der Waals surface area contributed by atoms with Crippen LogP contribution in [-0.2, 0) is 0 Å². The quantitative estimate of drug-likeness (QED) is 0.735. The molecule has 23 heavy (non-hydrogen) atoms. The van der Waals surface area contributed by atoms with Gasteiger partial charge in [0.1, 0.15) is 0 Å². The Morgan fingerprint density at radius 3 is 2.39 bits per heavy atom. The first-order valence-electron chi connectivity index (χ1n) is 7.63. The van der Waals surface area contributed by atoms with Gasteiger partial charge in [-0.3, -0.25) is 4.98 Å². The van der Waals surface area contributed by atoms with Crippen LogP contribution in [0.15, 0.2) is 67.5 Å². The minimum absolute atomic E-state index is 0.156. The molecule has 2 heterocycles. The normalized spacial score (nSPS) is 13.7. The van der Waals surface area contributed by atoms with Crippen LogP contribution in [0.5, 0.6) is 0 Å². The van der Waals surface area contributed by atoms with Crippen molar-refractivity contribution < 1.29 is 5.11 Å². The number of pyridine rings is 1. The second kappa shape index (κ2) is 7.17. The molecule has 5 heteroatoms. The van der Waals surface area contributed by atoms with Gasteiger partial charge in [0.2, 0.25) is 0 Å². The number of nitrogens with zero attached hydrogens (tertiary/aromatic N) is 3. The van der Waals surface area contributed by atoms with Gasteiger partial charge >= 0.3 is 0 Å². The molecule has 2 unspecified atom stereocenters. The predicted molar refractivity (Wildman–Crippen MR) is 89.2 cm³/mol. The summed E-state index contributed by atoms with van der Waals surface area (Å²) in [6.07, 6.45) is 8.31. The van der Waals surface area contributed by atoms with E-state index in [0.29, 0.717) is 6.54 Å². The zero-order valence-corrected chi connectivity index (χ0v) is 13.0. The van der Waals surface area contributed by atoms with E-state index in [-0.39, 0.29) is 6.04 Å². The van der Waals surface area contributed by atoms with Gasteiger partial charge in [-0.1, -0.05) is 12.1 Å². The molecule has 118 valence electrons. The molecule has 0 amide bonds. The van der Waals surface area contributed by atoms with E-state index in [1.165, 1.54) is 5.56 Å². The third kappa shape index (κ3) is 3.83. The molecule has 0 fully saturated rings. The molecule has 2 N–H and O–H groups in total. The Hall–Kier alpha value is -2.50. The number of hydrogen-bond donors (Lipinski definition) is 2. The molecule has 2 atom stereocenters. The van der Waals surface area contributed by atoms with Gasteiger partial charge in [-0.05, 0) is 42.3 Å². The first-order valence-corrected chi connectivity index (χ1v) is 7.63. The van der Waals surface area contributed by atoms with Crippen molar-refractivity contribution in [3.8, 4) is 5.69 Å². The van der Waals surface area contributed by atoms with Crippen molar-refractivity contribution in [2.24, 2.45) is 0 Å². The van der Waals surface area contributed by atoms with Crippen LogP contribution in [0.25, 0.3) is 5.69 Å². The molecule has 1 aromatic carbocycles. The Kier molecular flexibility index (Phi) is 4.80. The second-order valence-electron chi connectivity index (χ2n) is 5.49. The Bertz CT molecular complexity index is 711. The molecule has 0 aliphatic heterocycles. The maximum absolute atomic E-state index is 10.2. The zero-order chi connectivity index (χ0) is 16.1. The van der Waals surface area contributed by atoms with Crippen LogP contribution in [0.4, 0.5) is 0 Å². The van der Waals surface area contributed by atoms with Crippen molar-refractivity contribution in [3.05, 3.63) is 78.6 Å². The summed E-state index contributed by atoms with van der Waals surface area (Å²) < 4.78 is 1.97. The summed E-state index contributed by atoms with van der Waals surface area (Å²) in [6.45, 7) is 2.58. The van der Waals surface area contributed by atoms with Crippen LogP contribution >= 0.6 is 0 Å². The Balaban J connectivity index is 1.59. The van der Waals surface area contributed by atoms with Crippen molar-refractivity contribution in [2.45, 2.75) is 19.1 Å². The summed E-state index contributed by atoms with van der Waals surface area (Å²) in [5.74, 6) is 0. The third-order valence-corrected chi connectivity index (χ3v) is 3.90. The van der Waals surface area contributed by atoms with Crippen molar-refractivity contribution in [2.75, 3.05) is 6.54 Å². The maximum Gasteiger partial charge on any atom is 0.0991 e. The predicted octanol–water partition coefficient (Wildman–Crippen LogP) is 2.65. The van der Waals surface area contributed by atoms with E-state index in [1.807, 2.05) is 22.9 Å². The largest absolute Gasteiger partial charge is 0.387 e. The summed E-state index contributed by atoms with van der Waals surface area (Å²) in [6, 6.07) is 12.1. The van der Waals surface area contributed by atoms with Crippen molar-refractivity contribution in [1.29, 1.82) is 0 Å². The molecular formula is C18H20N4O. The number of hydrogen-bond acceptors (Lipinski definition) is 4. The monoisotopic (exact) mass is 308 g/mol. The van der Waals surface area contributed by atoms with Gasteiger partial charge in [0, 0.05) is 43.1 Å². The fraction of sp³-hybridized carbons (Fsp3) is 0.222. The number of aliphatic hydroxyl groups is 1. The first-order chi connectivity index (χ1) is 11.2. The van der Waals surface area contributed by atoms with Gasteiger partial charge in [0.15, 0.2) is 0 Å². The minimum Gasteiger partial charge on any atom is -0.387 e. The molecule has 5 nitrogen and oxygen atoms in total. The van der Waals surface area contributed by atoms with E-state index in [2.05, 4.69) is 46.5 Å². The molecule has 0 radical (unpaired) electrons. The topological polar surface area (TPSA) is 63.0 Å². The maximum atomic E-state index is 10.2. The van der Waals surface area contributed by atoms with Gasteiger partial charge < -0.3 is 15.0 Å². The summed E-state index contributed by atoms with van der Waals surface area (Å²) in [4.78, 5) is 8.01. The summed E-state index contributed by atoms with van der Waals surface area (Å²) in [5.41, 5.74) is 3.13. The van der Waals surface area contributed by atoms with Crippen molar-refractivity contribution in [3.63, 3.8) is 0 Å². The highest BCUT2D eigenvalue weighted by molar-refractivity contribution is 5.35. The van der Waals surface area contributed by atoms with Gasteiger partial charge in [-0.15, -0.1) is 0 Å². The van der Waals surface area contributed by atoms with E-state index in [4.69, 9.17) is 0 Å². The Morgan fingerprint density at radius 2 is 1.74 bits per heavy atom. The van der Waals surface area contributed by atoms with Crippen molar-refractivity contribution in [1.82, 2.24) is 19.9 Å². The lowest BCUT2D eigenvalue weighted by molar-refractivity contribution is 0.170. The van der Waals surface area contributed by atoms with E-state index in [9.17, 15) is 5.11 Å². The van der Waals surface area contributed by atoms with Crippen LogP contribution in [0, 0.1) is 0 Å². The number of imidazole rings is 1. The molecule has 2 aromatic heterocycles. The van der Waals surface area contributed by atoms with Gasteiger partial charge in [0.25, 0.3) is 0 Å². The molecule has 0 bridgehead atoms. The lowest BCUT2D eigenvalue weighted by Gasteiger charge is -2.18. The number of nitrogens with one attached hydrogen (secondary N) is 1. The fourth-order valence-corrected chi connectivity index (χ4v) is 2.46. The minimum atomic E-state index is -0.536. The molecule has 0 saturated carbocycles. The molecule has 3 aromatic rings. The molecule has 3 rings (SSSR count). The van der Waals surface area contributed by atoms with E-state index >= 15 is 0 Å². The average Bonchev–Trinajstić information content (AvgIpc) is 3.15. The number of aromatic nitrogens is 3. The number of benzene rings is 1.